The van der Waals surface area contributed by atoms with E-state index in [1.807, 2.05) is 32.9 Å². The highest BCUT2D eigenvalue weighted by Crippen LogP contribution is 2.32. The molecule has 2 unspecified atom stereocenters. The zero-order valence-corrected chi connectivity index (χ0v) is 27.1. The van der Waals surface area contributed by atoms with E-state index in [0.29, 0.717) is 30.6 Å². The van der Waals surface area contributed by atoms with Crippen molar-refractivity contribution in [2.75, 3.05) is 11.9 Å². The maximum absolute atomic E-state index is 17.4. The summed E-state index contributed by atoms with van der Waals surface area (Å²) in [5.74, 6) is -2.67. The first-order chi connectivity index (χ1) is 23.0. The molecule has 246 valence electrons. The molecule has 1 aromatic heterocycles. The second-order valence-corrected chi connectivity index (χ2v) is 12.9. The molecule has 0 saturated carbocycles. The topological polar surface area (TPSA) is 130 Å². The summed E-state index contributed by atoms with van der Waals surface area (Å²) < 4.78 is 17.4. The molecule has 1 aliphatic carbocycles. The van der Waals surface area contributed by atoms with Crippen molar-refractivity contribution >= 4 is 46.3 Å². The number of hydrogen-bond donors (Lipinski definition) is 3. The van der Waals surface area contributed by atoms with Crippen LogP contribution in [0.3, 0.4) is 0 Å². The molecule has 3 N–H and O–H groups in total. The molecule has 9 nitrogen and oxygen atoms in total. The molecule has 3 amide bonds. The number of carbonyl (C=O) groups excluding carboxylic acids is 4. The highest BCUT2D eigenvalue weighted by molar-refractivity contribution is 6.17. The minimum absolute atomic E-state index is 0.169. The maximum Gasteiger partial charge on any atom is 0.291 e. The SMILES string of the molecule is CC(CC=O)CC(C)(C)CNC(=O)c1ccc(C(F)(C(=O)NC2=CC=CC3=CC=CN=C2C3)C(=O)Nc2cccc3cccnc23)cc1. The number of hydrogen-bond acceptors (Lipinski definition) is 6. The highest BCUT2D eigenvalue weighted by atomic mass is 19.1. The number of nitrogens with one attached hydrogen (secondary N) is 3. The Morgan fingerprint density at radius 2 is 1.73 bits per heavy atom. The van der Waals surface area contributed by atoms with E-state index >= 15 is 4.39 Å². The fourth-order valence-electron chi connectivity index (χ4n) is 5.88. The summed E-state index contributed by atoms with van der Waals surface area (Å²) in [6.45, 7) is 6.35. The smallest absolute Gasteiger partial charge is 0.291 e. The van der Waals surface area contributed by atoms with Crippen LogP contribution in [0.5, 0.6) is 0 Å². The lowest BCUT2D eigenvalue weighted by Crippen LogP contribution is -2.50. The van der Waals surface area contributed by atoms with E-state index in [9.17, 15) is 19.2 Å². The average molecular weight is 648 g/mol. The number of alkyl halides is 1. The van der Waals surface area contributed by atoms with E-state index in [1.54, 1.807) is 61.0 Å². The van der Waals surface area contributed by atoms with Gasteiger partial charge in [-0.25, -0.2) is 4.39 Å². The van der Waals surface area contributed by atoms with Gasteiger partial charge in [-0.1, -0.05) is 69.3 Å². The third kappa shape index (κ3) is 7.71. The largest absolute Gasteiger partial charge is 0.352 e. The fourth-order valence-corrected chi connectivity index (χ4v) is 5.88. The van der Waals surface area contributed by atoms with E-state index in [-0.39, 0.29) is 33.8 Å². The number of anilines is 1. The van der Waals surface area contributed by atoms with E-state index in [2.05, 4.69) is 25.9 Å². The van der Waals surface area contributed by atoms with Gasteiger partial charge in [0, 0.05) is 48.3 Å². The van der Waals surface area contributed by atoms with Crippen molar-refractivity contribution in [1.82, 2.24) is 15.6 Å². The van der Waals surface area contributed by atoms with Gasteiger partial charge in [0.25, 0.3) is 23.4 Å². The highest BCUT2D eigenvalue weighted by Gasteiger charge is 2.49. The standard InChI is InChI=1S/C38H38FN5O4/c1-25(18-21-45)23-37(2,3)24-42-34(46)28-14-16-29(17-15-28)38(39,36(48)44-31-13-5-10-27-11-7-20-41-33(27)31)35(47)43-30-12-4-8-26-9-6-19-40-32(30)22-26/h4-17,19-21,25H,18,22-24H2,1-3H3,(H,42,46)(H,43,47)(H,44,48). The summed E-state index contributed by atoms with van der Waals surface area (Å²) >= 11 is 0. The molecule has 0 fully saturated rings. The summed E-state index contributed by atoms with van der Waals surface area (Å²) in [4.78, 5) is 60.5. The van der Waals surface area contributed by atoms with E-state index in [4.69, 9.17) is 0 Å². The quantitative estimate of drug-likeness (QED) is 0.158. The van der Waals surface area contributed by atoms with Crippen LogP contribution in [0, 0.1) is 11.3 Å². The van der Waals surface area contributed by atoms with Crippen LogP contribution >= 0.6 is 0 Å². The lowest BCUT2D eigenvalue weighted by atomic mass is 9.82. The molecule has 5 rings (SSSR count). The normalized spacial score (nSPS) is 15.9. The predicted octanol–water partition coefficient (Wildman–Crippen LogP) is 6.26. The summed E-state index contributed by atoms with van der Waals surface area (Å²) in [7, 11) is 0. The monoisotopic (exact) mass is 647 g/mol. The molecule has 10 heteroatoms. The number of fused-ring (bicyclic) bond motifs is 3. The van der Waals surface area contributed by atoms with Gasteiger partial charge < -0.3 is 20.7 Å². The number of rotatable bonds is 12. The van der Waals surface area contributed by atoms with Crippen molar-refractivity contribution in [1.29, 1.82) is 0 Å². The van der Waals surface area contributed by atoms with Gasteiger partial charge >= 0.3 is 0 Å². The number of aldehydes is 1. The number of nitrogens with zero attached hydrogens (tertiary/aromatic N) is 2. The molecule has 0 saturated heterocycles. The Morgan fingerprint density at radius 3 is 2.50 bits per heavy atom. The van der Waals surface area contributed by atoms with Gasteiger partial charge in [-0.15, -0.1) is 0 Å². The van der Waals surface area contributed by atoms with E-state index in [1.165, 1.54) is 24.3 Å². The second kappa shape index (κ2) is 14.5. The number of carbonyl (C=O) groups is 4. The summed E-state index contributed by atoms with van der Waals surface area (Å²) in [5.41, 5.74) is -1.15. The Bertz CT molecular complexity index is 1880. The van der Waals surface area contributed by atoms with Gasteiger partial charge in [-0.05, 0) is 59.7 Å². The molecular formula is C38H38FN5O4. The maximum atomic E-state index is 17.4. The van der Waals surface area contributed by atoms with E-state index in [0.717, 1.165) is 23.7 Å². The van der Waals surface area contributed by atoms with E-state index < -0.39 is 23.4 Å². The van der Waals surface area contributed by atoms with Gasteiger partial charge in [0.2, 0.25) is 0 Å². The summed E-state index contributed by atoms with van der Waals surface area (Å²) in [6.07, 6.45) is 14.5. The first-order valence-corrected chi connectivity index (χ1v) is 15.8. The third-order valence-corrected chi connectivity index (χ3v) is 8.31. The van der Waals surface area contributed by atoms with Crippen LogP contribution in [0.25, 0.3) is 10.9 Å². The van der Waals surface area contributed by atoms with Crippen LogP contribution in [0.1, 0.15) is 56.0 Å². The van der Waals surface area contributed by atoms with Gasteiger partial charge in [-0.3, -0.25) is 24.4 Å². The van der Waals surface area contributed by atoms with Crippen molar-refractivity contribution in [3.05, 3.63) is 120 Å². The lowest BCUT2D eigenvalue weighted by molar-refractivity contribution is -0.143. The zero-order chi connectivity index (χ0) is 34.3. The van der Waals surface area contributed by atoms with Crippen molar-refractivity contribution < 1.29 is 23.6 Å². The Kier molecular flexibility index (Phi) is 10.2. The van der Waals surface area contributed by atoms with Gasteiger partial charge in [0.15, 0.2) is 0 Å². The average Bonchev–Trinajstić information content (AvgIpc) is 3.43. The van der Waals surface area contributed by atoms with Crippen molar-refractivity contribution in [3.8, 4) is 0 Å². The summed E-state index contributed by atoms with van der Waals surface area (Å²) in [6, 6.07) is 13.9. The number of allylic oxidation sites excluding steroid dienone is 7. The van der Waals surface area contributed by atoms with Gasteiger partial charge in [0.1, 0.15) is 6.29 Å². The summed E-state index contributed by atoms with van der Waals surface area (Å²) in [5, 5.41) is 8.82. The number of pyridine rings is 1. The Hall–Kier alpha value is -5.51. The van der Waals surface area contributed by atoms with Crippen LogP contribution in [0.15, 0.2) is 114 Å². The minimum atomic E-state index is -3.22. The number of aliphatic imine (C=N–C) groups is 1. The predicted molar refractivity (Wildman–Crippen MR) is 185 cm³/mol. The Balaban J connectivity index is 1.42. The van der Waals surface area contributed by atoms with Gasteiger partial charge in [0.05, 0.1) is 22.6 Å². The molecule has 2 atom stereocenters. The van der Waals surface area contributed by atoms with Crippen molar-refractivity contribution in [2.45, 2.75) is 45.7 Å². The lowest BCUT2D eigenvalue weighted by Gasteiger charge is -2.28. The Morgan fingerprint density at radius 1 is 0.979 bits per heavy atom. The fraction of sp³-hybridized carbons (Fsp3) is 0.263. The number of benzene rings is 2. The third-order valence-electron chi connectivity index (χ3n) is 8.31. The second-order valence-electron chi connectivity index (χ2n) is 12.9. The first kappa shape index (κ1) is 33.8. The number of aromatic nitrogens is 1. The van der Waals surface area contributed by atoms with Crippen LogP contribution in [0.4, 0.5) is 10.1 Å². The molecule has 2 bridgehead atoms. The molecule has 2 aliphatic rings. The van der Waals surface area contributed by atoms with Crippen LogP contribution < -0.4 is 16.0 Å². The van der Waals surface area contributed by atoms with Crippen LogP contribution in [0.2, 0.25) is 0 Å². The number of amides is 3. The van der Waals surface area contributed by atoms with Crippen molar-refractivity contribution in [3.63, 3.8) is 0 Å². The molecule has 2 aromatic carbocycles. The number of para-hydroxylation sites is 1. The minimum Gasteiger partial charge on any atom is -0.352 e. The molecule has 3 aromatic rings. The van der Waals surface area contributed by atoms with Crippen molar-refractivity contribution in [2.24, 2.45) is 16.3 Å². The number of halogens is 1. The van der Waals surface area contributed by atoms with Gasteiger partial charge in [-0.2, -0.15) is 0 Å². The molecule has 0 spiro atoms. The zero-order valence-electron chi connectivity index (χ0n) is 27.1. The molecular weight excluding hydrogens is 609 g/mol. The van der Waals surface area contributed by atoms with Crippen LogP contribution in [-0.4, -0.2) is 41.2 Å². The van der Waals surface area contributed by atoms with Crippen LogP contribution in [-0.2, 0) is 20.1 Å². The molecule has 1 aliphatic heterocycles. The Labute approximate surface area is 278 Å². The molecule has 48 heavy (non-hydrogen) atoms. The molecule has 2 heterocycles. The molecule has 0 radical (unpaired) electrons. The first-order valence-electron chi connectivity index (χ1n) is 15.8.